The molecule has 0 fully saturated rings. The van der Waals surface area contributed by atoms with Gasteiger partial charge in [-0.25, -0.2) is 4.39 Å². The van der Waals surface area contributed by atoms with E-state index in [1.165, 1.54) is 6.07 Å². The molecule has 0 aliphatic heterocycles. The topological polar surface area (TPSA) is 21.3 Å². The Hall–Kier alpha value is -0.450. The van der Waals surface area contributed by atoms with Crippen molar-refractivity contribution < 1.29 is 9.13 Å². The summed E-state index contributed by atoms with van der Waals surface area (Å²) < 4.78 is 19.4. The van der Waals surface area contributed by atoms with Gasteiger partial charge in [-0.2, -0.15) is 0 Å². The SMILES string of the molecule is CC(C)COCCCNCc1cc(F)cc(Br)c1. The average Bonchev–Trinajstić information content (AvgIpc) is 2.26. The van der Waals surface area contributed by atoms with E-state index in [-0.39, 0.29) is 5.82 Å². The summed E-state index contributed by atoms with van der Waals surface area (Å²) in [4.78, 5) is 0. The van der Waals surface area contributed by atoms with Crippen molar-refractivity contribution in [2.45, 2.75) is 26.8 Å². The molecule has 18 heavy (non-hydrogen) atoms. The van der Waals surface area contributed by atoms with Gasteiger partial charge in [0.2, 0.25) is 0 Å². The zero-order valence-electron chi connectivity index (χ0n) is 11.0. The Morgan fingerprint density at radius 3 is 2.78 bits per heavy atom. The molecule has 0 aromatic heterocycles. The Labute approximate surface area is 117 Å². The van der Waals surface area contributed by atoms with Crippen molar-refractivity contribution in [2.24, 2.45) is 5.92 Å². The van der Waals surface area contributed by atoms with Crippen LogP contribution in [0.1, 0.15) is 25.8 Å². The number of halogens is 2. The average molecular weight is 318 g/mol. The highest BCUT2D eigenvalue weighted by molar-refractivity contribution is 9.10. The second-order valence-electron chi connectivity index (χ2n) is 4.78. The Kier molecular flexibility index (Phi) is 7.47. The van der Waals surface area contributed by atoms with Gasteiger partial charge in [0, 0.05) is 24.2 Å². The summed E-state index contributed by atoms with van der Waals surface area (Å²) in [6, 6.07) is 4.93. The molecule has 0 saturated heterocycles. The Morgan fingerprint density at radius 1 is 1.33 bits per heavy atom. The van der Waals surface area contributed by atoms with Crippen LogP contribution in [0.4, 0.5) is 4.39 Å². The first-order valence-corrected chi connectivity index (χ1v) is 7.10. The summed E-state index contributed by atoms with van der Waals surface area (Å²) in [5, 5.41) is 3.28. The van der Waals surface area contributed by atoms with Gasteiger partial charge in [-0.05, 0) is 42.6 Å². The van der Waals surface area contributed by atoms with Gasteiger partial charge in [-0.1, -0.05) is 29.8 Å². The molecule has 0 heterocycles. The third-order valence-electron chi connectivity index (χ3n) is 2.34. The fourth-order valence-corrected chi connectivity index (χ4v) is 2.08. The van der Waals surface area contributed by atoms with Gasteiger partial charge in [0.25, 0.3) is 0 Å². The predicted octanol–water partition coefficient (Wildman–Crippen LogP) is 3.74. The molecule has 1 aromatic rings. The quantitative estimate of drug-likeness (QED) is 0.737. The lowest BCUT2D eigenvalue weighted by Crippen LogP contribution is -2.17. The minimum absolute atomic E-state index is 0.207. The highest BCUT2D eigenvalue weighted by atomic mass is 79.9. The van der Waals surface area contributed by atoms with E-state index in [9.17, 15) is 4.39 Å². The molecule has 1 rings (SSSR count). The molecule has 0 atom stereocenters. The summed E-state index contributed by atoms with van der Waals surface area (Å²) in [5.74, 6) is 0.379. The summed E-state index contributed by atoms with van der Waals surface area (Å²) >= 11 is 3.28. The number of benzene rings is 1. The van der Waals surface area contributed by atoms with Gasteiger partial charge in [0.15, 0.2) is 0 Å². The fraction of sp³-hybridized carbons (Fsp3) is 0.571. The zero-order valence-corrected chi connectivity index (χ0v) is 12.6. The number of rotatable bonds is 8. The summed E-state index contributed by atoms with van der Waals surface area (Å²) in [5.41, 5.74) is 0.949. The molecule has 0 aliphatic carbocycles. The van der Waals surface area contributed by atoms with Crippen LogP contribution in [0.3, 0.4) is 0 Å². The number of ether oxygens (including phenoxy) is 1. The largest absolute Gasteiger partial charge is 0.381 e. The number of nitrogens with one attached hydrogen (secondary N) is 1. The zero-order chi connectivity index (χ0) is 13.4. The molecular formula is C14H21BrFNO. The molecule has 0 amide bonds. The lowest BCUT2D eigenvalue weighted by molar-refractivity contribution is 0.108. The van der Waals surface area contributed by atoms with Crippen molar-refractivity contribution in [1.82, 2.24) is 5.32 Å². The van der Waals surface area contributed by atoms with E-state index in [0.717, 1.165) is 36.2 Å². The molecule has 1 N–H and O–H groups in total. The molecule has 0 radical (unpaired) electrons. The van der Waals surface area contributed by atoms with E-state index < -0.39 is 0 Å². The maximum Gasteiger partial charge on any atom is 0.124 e. The molecule has 102 valence electrons. The van der Waals surface area contributed by atoms with Crippen LogP contribution in [0.15, 0.2) is 22.7 Å². The van der Waals surface area contributed by atoms with Crippen molar-refractivity contribution in [3.8, 4) is 0 Å². The van der Waals surface area contributed by atoms with Crippen LogP contribution in [-0.2, 0) is 11.3 Å². The Balaban J connectivity index is 2.10. The predicted molar refractivity (Wildman–Crippen MR) is 76.1 cm³/mol. The third kappa shape index (κ3) is 7.09. The number of hydrogen-bond acceptors (Lipinski definition) is 2. The van der Waals surface area contributed by atoms with Gasteiger partial charge in [-0.3, -0.25) is 0 Å². The maximum absolute atomic E-state index is 13.1. The smallest absolute Gasteiger partial charge is 0.124 e. The molecule has 0 spiro atoms. The highest BCUT2D eigenvalue weighted by Crippen LogP contribution is 2.14. The fourth-order valence-electron chi connectivity index (χ4n) is 1.56. The lowest BCUT2D eigenvalue weighted by Gasteiger charge is -2.08. The molecule has 0 bridgehead atoms. The molecular weight excluding hydrogens is 297 g/mol. The van der Waals surface area contributed by atoms with Crippen molar-refractivity contribution in [2.75, 3.05) is 19.8 Å². The molecule has 0 unspecified atom stereocenters. The first kappa shape index (κ1) is 15.6. The van der Waals surface area contributed by atoms with Crippen LogP contribution in [0.2, 0.25) is 0 Å². The summed E-state index contributed by atoms with van der Waals surface area (Å²) in [7, 11) is 0. The van der Waals surface area contributed by atoms with Crippen molar-refractivity contribution >= 4 is 15.9 Å². The van der Waals surface area contributed by atoms with E-state index >= 15 is 0 Å². The van der Waals surface area contributed by atoms with Crippen LogP contribution in [0, 0.1) is 11.7 Å². The summed E-state index contributed by atoms with van der Waals surface area (Å²) in [6.07, 6.45) is 0.975. The van der Waals surface area contributed by atoms with Crippen LogP contribution in [0.25, 0.3) is 0 Å². The van der Waals surface area contributed by atoms with Crippen LogP contribution >= 0.6 is 15.9 Å². The van der Waals surface area contributed by atoms with Gasteiger partial charge in [0.1, 0.15) is 5.82 Å². The van der Waals surface area contributed by atoms with Crippen molar-refractivity contribution in [3.05, 3.63) is 34.1 Å². The Bertz CT molecular complexity index is 337. The first-order valence-electron chi connectivity index (χ1n) is 6.31. The van der Waals surface area contributed by atoms with Gasteiger partial charge in [0.05, 0.1) is 0 Å². The van der Waals surface area contributed by atoms with E-state index in [1.807, 2.05) is 6.07 Å². The van der Waals surface area contributed by atoms with Gasteiger partial charge >= 0.3 is 0 Å². The second kappa shape index (κ2) is 8.62. The molecule has 0 saturated carbocycles. The lowest BCUT2D eigenvalue weighted by atomic mass is 10.2. The highest BCUT2D eigenvalue weighted by Gasteiger charge is 1.99. The minimum Gasteiger partial charge on any atom is -0.381 e. The number of hydrogen-bond donors (Lipinski definition) is 1. The van der Waals surface area contributed by atoms with Crippen LogP contribution < -0.4 is 5.32 Å². The van der Waals surface area contributed by atoms with Crippen molar-refractivity contribution in [3.63, 3.8) is 0 Å². The molecule has 2 nitrogen and oxygen atoms in total. The molecule has 1 aromatic carbocycles. The third-order valence-corrected chi connectivity index (χ3v) is 2.80. The van der Waals surface area contributed by atoms with Crippen LogP contribution in [0.5, 0.6) is 0 Å². The maximum atomic E-state index is 13.1. The standard InChI is InChI=1S/C14H21BrFNO/c1-11(2)10-18-5-3-4-17-9-12-6-13(15)8-14(16)7-12/h6-8,11,17H,3-5,9-10H2,1-2H3. The summed E-state index contributed by atoms with van der Waals surface area (Å²) in [6.45, 7) is 7.43. The van der Waals surface area contributed by atoms with E-state index in [2.05, 4.69) is 35.1 Å². The van der Waals surface area contributed by atoms with E-state index in [0.29, 0.717) is 12.5 Å². The minimum atomic E-state index is -0.207. The van der Waals surface area contributed by atoms with E-state index in [1.54, 1.807) is 6.07 Å². The molecule has 0 aliphatic rings. The normalized spacial score (nSPS) is 11.2. The first-order chi connectivity index (χ1) is 8.58. The van der Waals surface area contributed by atoms with Crippen LogP contribution in [-0.4, -0.2) is 19.8 Å². The van der Waals surface area contributed by atoms with E-state index in [4.69, 9.17) is 4.74 Å². The monoisotopic (exact) mass is 317 g/mol. The van der Waals surface area contributed by atoms with Gasteiger partial charge < -0.3 is 10.1 Å². The van der Waals surface area contributed by atoms with Gasteiger partial charge in [-0.15, -0.1) is 0 Å². The Morgan fingerprint density at radius 2 is 2.11 bits per heavy atom. The van der Waals surface area contributed by atoms with Crippen molar-refractivity contribution in [1.29, 1.82) is 0 Å². The second-order valence-corrected chi connectivity index (χ2v) is 5.69. The molecule has 4 heteroatoms.